The van der Waals surface area contributed by atoms with E-state index >= 15 is 0 Å². The number of nitrogens with zero attached hydrogens (tertiary/aromatic N) is 1. The Kier molecular flexibility index (Phi) is 3.55. The fourth-order valence-electron chi connectivity index (χ4n) is 1.88. The zero-order chi connectivity index (χ0) is 14.0. The smallest absolute Gasteiger partial charge is 0.374 e. The van der Waals surface area contributed by atoms with Crippen LogP contribution in [0.1, 0.15) is 28.9 Å². The molecule has 0 aliphatic carbocycles. The van der Waals surface area contributed by atoms with Crippen LogP contribution in [0.2, 0.25) is 0 Å². The van der Waals surface area contributed by atoms with Gasteiger partial charge in [-0.15, -0.1) is 0 Å². The number of ether oxygens (including phenoxy) is 1. The van der Waals surface area contributed by atoms with Gasteiger partial charge in [0.2, 0.25) is 5.76 Å². The van der Waals surface area contributed by atoms with Crippen LogP contribution in [0.25, 0.3) is 11.3 Å². The molecule has 0 unspecified atom stereocenters. The zero-order valence-electron chi connectivity index (χ0n) is 11.1. The summed E-state index contributed by atoms with van der Waals surface area (Å²) in [5.74, 6) is -0.148. The Balaban J connectivity index is 2.48. The van der Waals surface area contributed by atoms with E-state index in [9.17, 15) is 4.79 Å². The molecule has 0 spiro atoms. The van der Waals surface area contributed by atoms with E-state index in [1.54, 1.807) is 13.0 Å². The van der Waals surface area contributed by atoms with Gasteiger partial charge in [0.25, 0.3) is 0 Å². The van der Waals surface area contributed by atoms with Crippen molar-refractivity contribution in [3.63, 3.8) is 0 Å². The fourth-order valence-corrected chi connectivity index (χ4v) is 1.88. The van der Waals surface area contributed by atoms with E-state index in [2.05, 4.69) is 4.98 Å². The molecule has 0 aliphatic heterocycles. The van der Waals surface area contributed by atoms with Crippen molar-refractivity contribution in [2.24, 2.45) is 0 Å². The largest absolute Gasteiger partial charge is 0.494 e. The van der Waals surface area contributed by atoms with Crippen LogP contribution >= 0.6 is 0 Å². The van der Waals surface area contributed by atoms with Crippen LogP contribution in [0.4, 0.5) is 0 Å². The molecule has 0 fully saturated rings. The van der Waals surface area contributed by atoms with Gasteiger partial charge in [-0.2, -0.15) is 0 Å². The number of rotatable bonds is 4. The van der Waals surface area contributed by atoms with Crippen molar-refractivity contribution in [2.45, 2.75) is 20.8 Å². The maximum absolute atomic E-state index is 11.1. The van der Waals surface area contributed by atoms with E-state index in [1.807, 2.05) is 26.0 Å². The molecule has 0 bridgehead atoms. The summed E-state index contributed by atoms with van der Waals surface area (Å²) in [5, 5.41) is 9.09. The first-order chi connectivity index (χ1) is 9.02. The Morgan fingerprint density at radius 1 is 1.42 bits per heavy atom. The first-order valence-electron chi connectivity index (χ1n) is 5.97. The molecule has 100 valence electrons. The lowest BCUT2D eigenvalue weighted by Gasteiger charge is -2.08. The van der Waals surface area contributed by atoms with Gasteiger partial charge < -0.3 is 14.3 Å². The summed E-state index contributed by atoms with van der Waals surface area (Å²) >= 11 is 0. The number of carboxylic acid groups (broad SMARTS) is 1. The van der Waals surface area contributed by atoms with Crippen molar-refractivity contribution >= 4 is 5.97 Å². The third-order valence-electron chi connectivity index (χ3n) is 2.68. The fraction of sp³-hybridized carbons (Fsp3) is 0.286. The molecule has 0 aliphatic rings. The van der Waals surface area contributed by atoms with Crippen molar-refractivity contribution in [1.82, 2.24) is 4.98 Å². The van der Waals surface area contributed by atoms with Crippen LogP contribution < -0.4 is 4.74 Å². The SMILES string of the molecule is CCOc1ccc(-c2nc(C)oc2C(=O)O)cc1C. The molecule has 1 aromatic carbocycles. The van der Waals surface area contributed by atoms with Gasteiger partial charge in [-0.25, -0.2) is 9.78 Å². The summed E-state index contributed by atoms with van der Waals surface area (Å²) in [4.78, 5) is 15.2. The molecule has 0 amide bonds. The van der Waals surface area contributed by atoms with Crippen LogP contribution in [-0.4, -0.2) is 22.7 Å². The predicted octanol–water partition coefficient (Wildman–Crippen LogP) is 3.06. The Morgan fingerprint density at radius 3 is 2.74 bits per heavy atom. The monoisotopic (exact) mass is 261 g/mol. The van der Waals surface area contributed by atoms with Gasteiger partial charge in [0.1, 0.15) is 11.4 Å². The van der Waals surface area contributed by atoms with Crippen molar-refractivity contribution in [3.05, 3.63) is 35.4 Å². The molecule has 5 heteroatoms. The van der Waals surface area contributed by atoms with E-state index < -0.39 is 5.97 Å². The number of benzene rings is 1. The lowest BCUT2D eigenvalue weighted by molar-refractivity contribution is 0.0662. The second kappa shape index (κ2) is 5.14. The van der Waals surface area contributed by atoms with Crippen LogP contribution in [-0.2, 0) is 0 Å². The van der Waals surface area contributed by atoms with Crippen LogP contribution in [0.15, 0.2) is 22.6 Å². The summed E-state index contributed by atoms with van der Waals surface area (Å²) in [6.07, 6.45) is 0. The first-order valence-corrected chi connectivity index (χ1v) is 5.97. The molecule has 1 heterocycles. The van der Waals surface area contributed by atoms with Gasteiger partial charge >= 0.3 is 5.97 Å². The third kappa shape index (κ3) is 2.59. The topological polar surface area (TPSA) is 72.6 Å². The highest BCUT2D eigenvalue weighted by molar-refractivity contribution is 5.91. The molecular formula is C14H15NO4. The van der Waals surface area contributed by atoms with Gasteiger partial charge in [-0.3, -0.25) is 0 Å². The summed E-state index contributed by atoms with van der Waals surface area (Å²) in [7, 11) is 0. The van der Waals surface area contributed by atoms with E-state index in [-0.39, 0.29) is 5.76 Å². The summed E-state index contributed by atoms with van der Waals surface area (Å²) in [5.41, 5.74) is 1.97. The average molecular weight is 261 g/mol. The minimum Gasteiger partial charge on any atom is -0.494 e. The van der Waals surface area contributed by atoms with Gasteiger partial charge in [0.15, 0.2) is 5.89 Å². The Bertz CT molecular complexity index is 616. The molecule has 0 saturated carbocycles. The maximum atomic E-state index is 11.1. The number of hydrogen-bond donors (Lipinski definition) is 1. The quantitative estimate of drug-likeness (QED) is 0.915. The molecule has 2 aromatic rings. The Labute approximate surface area is 110 Å². The van der Waals surface area contributed by atoms with Gasteiger partial charge in [0, 0.05) is 12.5 Å². The number of aromatic carboxylic acids is 1. The number of oxazole rings is 1. The third-order valence-corrected chi connectivity index (χ3v) is 2.68. The minimum atomic E-state index is -1.12. The lowest BCUT2D eigenvalue weighted by atomic mass is 10.1. The number of carbonyl (C=O) groups is 1. The second-order valence-electron chi connectivity index (χ2n) is 4.13. The molecule has 1 aromatic heterocycles. The van der Waals surface area contributed by atoms with Crippen molar-refractivity contribution in [3.8, 4) is 17.0 Å². The molecular weight excluding hydrogens is 246 g/mol. The highest BCUT2D eigenvalue weighted by Crippen LogP contribution is 2.28. The summed E-state index contributed by atoms with van der Waals surface area (Å²) in [6.45, 7) is 6.03. The second-order valence-corrected chi connectivity index (χ2v) is 4.13. The normalized spacial score (nSPS) is 10.5. The molecule has 19 heavy (non-hydrogen) atoms. The average Bonchev–Trinajstić information content (AvgIpc) is 2.74. The van der Waals surface area contributed by atoms with Gasteiger partial charge in [-0.1, -0.05) is 0 Å². The van der Waals surface area contributed by atoms with E-state index in [4.69, 9.17) is 14.3 Å². The van der Waals surface area contributed by atoms with Crippen LogP contribution in [0.3, 0.4) is 0 Å². The molecule has 0 atom stereocenters. The minimum absolute atomic E-state index is 0.138. The zero-order valence-corrected chi connectivity index (χ0v) is 11.1. The van der Waals surface area contributed by atoms with Crippen LogP contribution in [0.5, 0.6) is 5.75 Å². The molecule has 2 rings (SSSR count). The maximum Gasteiger partial charge on any atom is 0.374 e. The number of aryl methyl sites for hydroxylation is 2. The Morgan fingerprint density at radius 2 is 2.16 bits per heavy atom. The van der Waals surface area contributed by atoms with E-state index in [1.165, 1.54) is 0 Å². The molecule has 0 saturated heterocycles. The van der Waals surface area contributed by atoms with Crippen LogP contribution in [0, 0.1) is 13.8 Å². The first kappa shape index (κ1) is 13.1. The van der Waals surface area contributed by atoms with E-state index in [0.29, 0.717) is 23.8 Å². The van der Waals surface area contributed by atoms with Crippen molar-refractivity contribution in [2.75, 3.05) is 6.61 Å². The predicted molar refractivity (Wildman–Crippen MR) is 69.5 cm³/mol. The molecule has 5 nitrogen and oxygen atoms in total. The van der Waals surface area contributed by atoms with Crippen molar-refractivity contribution < 1.29 is 19.1 Å². The molecule has 1 N–H and O–H groups in total. The number of hydrogen-bond acceptors (Lipinski definition) is 4. The summed E-state index contributed by atoms with van der Waals surface area (Å²) in [6, 6.07) is 5.43. The molecule has 0 radical (unpaired) electrons. The highest BCUT2D eigenvalue weighted by Gasteiger charge is 2.19. The van der Waals surface area contributed by atoms with E-state index in [0.717, 1.165) is 11.3 Å². The number of aromatic nitrogens is 1. The number of carboxylic acids is 1. The standard InChI is InChI=1S/C14H15NO4/c1-4-18-11-6-5-10(7-8(11)2)12-13(14(16)17)19-9(3)15-12/h5-7H,4H2,1-3H3,(H,16,17). The highest BCUT2D eigenvalue weighted by atomic mass is 16.5. The van der Waals surface area contributed by atoms with Crippen molar-refractivity contribution in [1.29, 1.82) is 0 Å². The van der Waals surface area contributed by atoms with Gasteiger partial charge in [-0.05, 0) is 37.6 Å². The Hall–Kier alpha value is -2.30. The summed E-state index contributed by atoms with van der Waals surface area (Å²) < 4.78 is 10.6. The van der Waals surface area contributed by atoms with Gasteiger partial charge in [0.05, 0.1) is 6.61 Å². The lowest BCUT2D eigenvalue weighted by Crippen LogP contribution is -1.98.